The van der Waals surface area contributed by atoms with Gasteiger partial charge in [-0.3, -0.25) is 9.36 Å². The van der Waals surface area contributed by atoms with Crippen molar-refractivity contribution in [3.05, 3.63) is 24.3 Å². The molecule has 3 rings (SSSR count). The van der Waals surface area contributed by atoms with Crippen LogP contribution in [0.5, 0.6) is 5.75 Å². The summed E-state index contributed by atoms with van der Waals surface area (Å²) in [5.74, 6) is 1.55. The molecule has 1 fully saturated rings. The number of hydrogen-bond donors (Lipinski definition) is 1. The van der Waals surface area contributed by atoms with Crippen LogP contribution in [-0.2, 0) is 4.79 Å². The van der Waals surface area contributed by atoms with Crippen LogP contribution in [0.3, 0.4) is 0 Å². The van der Waals surface area contributed by atoms with E-state index in [1.807, 2.05) is 49.6 Å². The molecule has 7 nitrogen and oxygen atoms in total. The fourth-order valence-corrected chi connectivity index (χ4v) is 4.14. The third-order valence-electron chi connectivity index (χ3n) is 4.66. The summed E-state index contributed by atoms with van der Waals surface area (Å²) < 4.78 is 7.61. The third-order valence-corrected chi connectivity index (χ3v) is 5.71. The molecule has 1 saturated heterocycles. The Morgan fingerprint density at radius 1 is 1.14 bits per heavy atom. The summed E-state index contributed by atoms with van der Waals surface area (Å²) in [5.41, 5.74) is 0.884. The molecule has 1 unspecified atom stereocenters. The van der Waals surface area contributed by atoms with Crippen molar-refractivity contribution in [2.45, 2.75) is 56.5 Å². The van der Waals surface area contributed by atoms with Crippen molar-refractivity contribution >= 4 is 23.6 Å². The van der Waals surface area contributed by atoms with Gasteiger partial charge in [0.15, 0.2) is 5.16 Å². The van der Waals surface area contributed by atoms with Gasteiger partial charge >= 0.3 is 0 Å². The van der Waals surface area contributed by atoms with Crippen LogP contribution in [-0.4, -0.2) is 52.2 Å². The number of benzene rings is 1. The van der Waals surface area contributed by atoms with Crippen LogP contribution in [0, 0.1) is 0 Å². The van der Waals surface area contributed by atoms with Crippen LogP contribution in [0.2, 0.25) is 0 Å². The van der Waals surface area contributed by atoms with Gasteiger partial charge in [0.05, 0.1) is 18.0 Å². The minimum Gasteiger partial charge on any atom is -0.495 e. The second kappa shape index (κ2) is 9.32. The predicted molar refractivity (Wildman–Crippen MR) is 113 cm³/mol. The van der Waals surface area contributed by atoms with Gasteiger partial charge in [-0.05, 0) is 52.2 Å². The number of anilines is 1. The van der Waals surface area contributed by atoms with Crippen molar-refractivity contribution in [2.75, 3.05) is 25.1 Å². The molecule has 28 heavy (non-hydrogen) atoms. The highest BCUT2D eigenvalue weighted by Gasteiger charge is 2.26. The lowest BCUT2D eigenvalue weighted by molar-refractivity contribution is -0.120. The SMILES string of the molecule is COc1ccccc1-n1c(SC(C)C(=O)NC(C)C)nnc1N1CCCCC1. The molecular weight excluding hydrogens is 374 g/mol. The van der Waals surface area contributed by atoms with Crippen molar-refractivity contribution in [3.63, 3.8) is 0 Å². The number of hydrogen-bond acceptors (Lipinski definition) is 6. The largest absolute Gasteiger partial charge is 0.495 e. The standard InChI is InChI=1S/C20H29N5O2S/c1-14(2)21-18(26)15(3)28-20-23-22-19(24-12-8-5-9-13-24)25(20)16-10-6-7-11-17(16)27-4/h6-7,10-11,14-15H,5,8-9,12-13H2,1-4H3,(H,21,26). The maximum atomic E-state index is 12.4. The minimum absolute atomic E-state index is 0.00546. The molecular formula is C20H29N5O2S. The van der Waals surface area contributed by atoms with E-state index < -0.39 is 0 Å². The van der Waals surface area contributed by atoms with Crippen molar-refractivity contribution in [1.29, 1.82) is 0 Å². The number of para-hydroxylation sites is 2. The number of carbonyl (C=O) groups excluding carboxylic acids is 1. The van der Waals surface area contributed by atoms with E-state index in [2.05, 4.69) is 20.4 Å². The van der Waals surface area contributed by atoms with Crippen molar-refractivity contribution in [3.8, 4) is 11.4 Å². The molecule has 0 saturated carbocycles. The van der Waals surface area contributed by atoms with Crippen molar-refractivity contribution in [1.82, 2.24) is 20.1 Å². The molecule has 1 N–H and O–H groups in total. The molecule has 2 aromatic rings. The minimum atomic E-state index is -0.283. The number of nitrogens with one attached hydrogen (secondary N) is 1. The average molecular weight is 404 g/mol. The quantitative estimate of drug-likeness (QED) is 0.716. The molecule has 1 atom stereocenters. The summed E-state index contributed by atoms with van der Waals surface area (Å²) >= 11 is 1.41. The van der Waals surface area contributed by atoms with E-state index in [0.29, 0.717) is 5.16 Å². The predicted octanol–water partition coefficient (Wildman–Crippen LogP) is 3.27. The zero-order chi connectivity index (χ0) is 20.1. The van der Waals surface area contributed by atoms with Crippen molar-refractivity contribution < 1.29 is 9.53 Å². The topological polar surface area (TPSA) is 72.3 Å². The lowest BCUT2D eigenvalue weighted by atomic mass is 10.1. The number of thioether (sulfide) groups is 1. The van der Waals surface area contributed by atoms with E-state index >= 15 is 0 Å². The second-order valence-corrected chi connectivity index (χ2v) is 8.57. The normalized spacial score (nSPS) is 15.5. The maximum Gasteiger partial charge on any atom is 0.233 e. The van der Waals surface area contributed by atoms with E-state index in [1.165, 1.54) is 18.2 Å². The summed E-state index contributed by atoms with van der Waals surface area (Å²) in [6.45, 7) is 7.73. The summed E-state index contributed by atoms with van der Waals surface area (Å²) in [6, 6.07) is 7.95. The van der Waals surface area contributed by atoms with Crippen molar-refractivity contribution in [2.24, 2.45) is 0 Å². The van der Waals surface area contributed by atoms with Crippen LogP contribution >= 0.6 is 11.8 Å². The molecule has 1 aromatic heterocycles. The number of carbonyl (C=O) groups is 1. The van der Waals surface area contributed by atoms with E-state index in [4.69, 9.17) is 4.74 Å². The highest BCUT2D eigenvalue weighted by Crippen LogP contribution is 2.34. The zero-order valence-corrected chi connectivity index (χ0v) is 17.8. The van der Waals surface area contributed by atoms with E-state index in [9.17, 15) is 4.79 Å². The zero-order valence-electron chi connectivity index (χ0n) is 17.0. The smallest absolute Gasteiger partial charge is 0.233 e. The number of aromatic nitrogens is 3. The third kappa shape index (κ3) is 4.60. The van der Waals surface area contributed by atoms with Gasteiger partial charge in [-0.2, -0.15) is 0 Å². The number of amides is 1. The van der Waals surface area contributed by atoms with E-state index in [1.54, 1.807) is 7.11 Å². The summed E-state index contributed by atoms with van der Waals surface area (Å²) in [5, 5.41) is 12.3. The van der Waals surface area contributed by atoms with Gasteiger partial charge < -0.3 is 15.0 Å². The Balaban J connectivity index is 1.98. The monoisotopic (exact) mass is 403 g/mol. The van der Waals surface area contributed by atoms with E-state index in [-0.39, 0.29) is 17.2 Å². The molecule has 1 aliphatic heterocycles. The maximum absolute atomic E-state index is 12.4. The Morgan fingerprint density at radius 2 is 1.86 bits per heavy atom. The van der Waals surface area contributed by atoms with Crippen LogP contribution in [0.15, 0.2) is 29.4 Å². The molecule has 0 bridgehead atoms. The molecule has 152 valence electrons. The van der Waals surface area contributed by atoms with Gasteiger partial charge in [-0.25, -0.2) is 0 Å². The van der Waals surface area contributed by atoms with Crippen LogP contribution < -0.4 is 15.0 Å². The Morgan fingerprint density at radius 3 is 2.54 bits per heavy atom. The Labute approximate surface area is 170 Å². The molecule has 1 aliphatic rings. The highest BCUT2D eigenvalue weighted by molar-refractivity contribution is 8.00. The highest BCUT2D eigenvalue weighted by atomic mass is 32.2. The molecule has 0 spiro atoms. The first kappa shape index (κ1) is 20.5. The number of nitrogens with zero attached hydrogens (tertiary/aromatic N) is 4. The first-order valence-electron chi connectivity index (χ1n) is 9.82. The van der Waals surface area contributed by atoms with Crippen LogP contribution in [0.4, 0.5) is 5.95 Å². The number of piperidine rings is 1. The Bertz CT molecular complexity index is 802. The molecule has 0 radical (unpaired) electrons. The van der Waals surface area contributed by atoms with Gasteiger partial charge in [-0.15, -0.1) is 10.2 Å². The van der Waals surface area contributed by atoms with Crippen LogP contribution in [0.1, 0.15) is 40.0 Å². The first-order valence-corrected chi connectivity index (χ1v) is 10.7. The van der Waals surface area contributed by atoms with Gasteiger partial charge in [0, 0.05) is 19.1 Å². The summed E-state index contributed by atoms with van der Waals surface area (Å²) in [4.78, 5) is 14.7. The summed E-state index contributed by atoms with van der Waals surface area (Å²) in [6.07, 6.45) is 3.54. The van der Waals surface area contributed by atoms with Gasteiger partial charge in [0.2, 0.25) is 11.9 Å². The average Bonchev–Trinajstić information content (AvgIpc) is 3.11. The van der Waals surface area contributed by atoms with Gasteiger partial charge in [-0.1, -0.05) is 23.9 Å². The number of methoxy groups -OCH3 is 1. The molecule has 1 amide bonds. The van der Waals surface area contributed by atoms with Gasteiger partial charge in [0.25, 0.3) is 0 Å². The molecule has 0 aliphatic carbocycles. The second-order valence-electron chi connectivity index (χ2n) is 7.26. The fourth-order valence-electron chi connectivity index (χ4n) is 3.28. The first-order chi connectivity index (χ1) is 13.5. The molecule has 2 heterocycles. The van der Waals surface area contributed by atoms with Crippen LogP contribution in [0.25, 0.3) is 5.69 Å². The summed E-state index contributed by atoms with van der Waals surface area (Å²) in [7, 11) is 1.66. The van der Waals surface area contributed by atoms with Gasteiger partial charge in [0.1, 0.15) is 5.75 Å². The molecule has 8 heteroatoms. The number of rotatable bonds is 7. The molecule has 1 aromatic carbocycles. The fraction of sp³-hybridized carbons (Fsp3) is 0.550. The lowest BCUT2D eigenvalue weighted by Crippen LogP contribution is -2.36. The Kier molecular flexibility index (Phi) is 6.83. The van der Waals surface area contributed by atoms with E-state index in [0.717, 1.165) is 43.3 Å². The lowest BCUT2D eigenvalue weighted by Gasteiger charge is -2.28. The number of ether oxygens (including phenoxy) is 1. The Hall–Kier alpha value is -2.22.